The van der Waals surface area contributed by atoms with Gasteiger partial charge in [0.25, 0.3) is 0 Å². The second-order valence-corrected chi connectivity index (χ2v) is 5.23. The molecule has 0 aromatic heterocycles. The first-order valence-corrected chi connectivity index (χ1v) is 5.32. The molecule has 0 bridgehead atoms. The average Bonchev–Trinajstić information content (AvgIpc) is 2.01. The van der Waals surface area contributed by atoms with Crippen molar-refractivity contribution in [3.63, 3.8) is 0 Å². The van der Waals surface area contributed by atoms with Gasteiger partial charge in [0.1, 0.15) is 0 Å². The number of carbonyl (C=O) groups is 2. The number of hydrogen-bond acceptors (Lipinski definition) is 2. The van der Waals surface area contributed by atoms with E-state index < -0.39 is 5.06 Å². The van der Waals surface area contributed by atoms with Crippen LogP contribution in [0.3, 0.4) is 0 Å². The van der Waals surface area contributed by atoms with Gasteiger partial charge in [-0.1, -0.05) is 13.8 Å². The van der Waals surface area contributed by atoms with Crippen molar-refractivity contribution in [1.82, 2.24) is 5.32 Å². The standard InChI is InChI=1S/C9H15BNO2P/c1-5(2)9(10,14)6-3-7(12)11-8(13)4-6/h5-6H,3-4,14H2,1-2H3,(H,11,12,13). The Labute approximate surface area is 88.0 Å². The lowest BCUT2D eigenvalue weighted by Gasteiger charge is -2.39. The van der Waals surface area contributed by atoms with Gasteiger partial charge in [-0.15, -0.1) is 9.24 Å². The molecule has 1 fully saturated rings. The van der Waals surface area contributed by atoms with Crippen LogP contribution in [-0.2, 0) is 9.59 Å². The molecule has 3 nitrogen and oxygen atoms in total. The van der Waals surface area contributed by atoms with Gasteiger partial charge < -0.3 is 0 Å². The molecule has 2 unspecified atom stereocenters. The van der Waals surface area contributed by atoms with E-state index in [1.54, 1.807) is 0 Å². The van der Waals surface area contributed by atoms with E-state index in [1.165, 1.54) is 0 Å². The highest BCUT2D eigenvalue weighted by Crippen LogP contribution is 2.37. The van der Waals surface area contributed by atoms with E-state index in [4.69, 9.17) is 7.85 Å². The molecule has 0 aromatic carbocycles. The Morgan fingerprint density at radius 3 is 2.21 bits per heavy atom. The molecule has 2 amide bonds. The minimum atomic E-state index is -0.534. The molecular weight excluding hydrogens is 196 g/mol. The fraction of sp³-hybridized carbons (Fsp3) is 0.778. The summed E-state index contributed by atoms with van der Waals surface area (Å²) in [5.74, 6) is -0.293. The van der Waals surface area contributed by atoms with Crippen molar-refractivity contribution in [1.29, 1.82) is 0 Å². The highest BCUT2D eigenvalue weighted by atomic mass is 31.0. The molecule has 1 N–H and O–H groups in total. The maximum absolute atomic E-state index is 11.2. The SMILES string of the molecule is [B]C(P)(C(C)C)C1CC(=O)NC(=O)C1. The van der Waals surface area contributed by atoms with E-state index in [0.717, 1.165) is 0 Å². The fourth-order valence-corrected chi connectivity index (χ4v) is 1.84. The first kappa shape index (κ1) is 11.7. The van der Waals surface area contributed by atoms with Gasteiger partial charge in [-0.3, -0.25) is 14.9 Å². The van der Waals surface area contributed by atoms with E-state index in [-0.39, 0.29) is 23.7 Å². The number of carbonyl (C=O) groups excluding carboxylic acids is 2. The van der Waals surface area contributed by atoms with E-state index in [0.29, 0.717) is 12.8 Å². The topological polar surface area (TPSA) is 46.2 Å². The van der Waals surface area contributed by atoms with Crippen LogP contribution in [0.15, 0.2) is 0 Å². The minimum Gasteiger partial charge on any atom is -0.296 e. The third kappa shape index (κ3) is 2.36. The Kier molecular flexibility index (Phi) is 3.36. The van der Waals surface area contributed by atoms with Crippen LogP contribution in [0, 0.1) is 11.8 Å². The van der Waals surface area contributed by atoms with Crippen LogP contribution in [0.1, 0.15) is 26.7 Å². The molecule has 14 heavy (non-hydrogen) atoms. The van der Waals surface area contributed by atoms with Gasteiger partial charge in [-0.2, -0.15) is 0 Å². The smallest absolute Gasteiger partial charge is 0.226 e. The van der Waals surface area contributed by atoms with Crippen molar-refractivity contribution in [2.75, 3.05) is 0 Å². The van der Waals surface area contributed by atoms with Gasteiger partial charge in [0.15, 0.2) is 0 Å². The Balaban J connectivity index is 2.77. The van der Waals surface area contributed by atoms with Crippen molar-refractivity contribution in [2.24, 2.45) is 11.8 Å². The summed E-state index contributed by atoms with van der Waals surface area (Å²) in [6, 6.07) is 0. The summed E-state index contributed by atoms with van der Waals surface area (Å²) in [5, 5.41) is 1.74. The Hall–Kier alpha value is -0.365. The van der Waals surface area contributed by atoms with Crippen molar-refractivity contribution >= 4 is 28.9 Å². The quantitative estimate of drug-likeness (QED) is 0.409. The zero-order valence-electron chi connectivity index (χ0n) is 8.54. The van der Waals surface area contributed by atoms with Crippen molar-refractivity contribution in [2.45, 2.75) is 31.7 Å². The fourth-order valence-electron chi connectivity index (χ4n) is 1.60. The molecule has 1 saturated heterocycles. The maximum Gasteiger partial charge on any atom is 0.226 e. The van der Waals surface area contributed by atoms with Gasteiger partial charge in [-0.25, -0.2) is 0 Å². The molecule has 1 aliphatic heterocycles. The summed E-state index contributed by atoms with van der Waals surface area (Å²) >= 11 is 0. The number of piperidine rings is 1. The minimum absolute atomic E-state index is 0.0752. The lowest BCUT2D eigenvalue weighted by Crippen LogP contribution is -2.48. The number of amides is 2. The molecule has 5 heteroatoms. The van der Waals surface area contributed by atoms with Crippen molar-refractivity contribution in [3.05, 3.63) is 0 Å². The van der Waals surface area contributed by atoms with Crippen LogP contribution >= 0.6 is 9.24 Å². The highest BCUT2D eigenvalue weighted by molar-refractivity contribution is 7.22. The third-order valence-corrected chi connectivity index (χ3v) is 3.99. The number of imide groups is 1. The van der Waals surface area contributed by atoms with E-state index in [1.807, 2.05) is 13.8 Å². The lowest BCUT2D eigenvalue weighted by atomic mass is 9.65. The largest absolute Gasteiger partial charge is 0.296 e. The normalized spacial score (nSPS) is 23.4. The second-order valence-electron chi connectivity index (χ2n) is 4.23. The van der Waals surface area contributed by atoms with Gasteiger partial charge in [0.05, 0.1) is 7.85 Å². The van der Waals surface area contributed by atoms with Crippen LogP contribution in [0.5, 0.6) is 0 Å². The Morgan fingerprint density at radius 1 is 1.43 bits per heavy atom. The zero-order valence-corrected chi connectivity index (χ0v) is 9.69. The monoisotopic (exact) mass is 211 g/mol. The Bertz CT molecular complexity index is 250. The van der Waals surface area contributed by atoms with Crippen LogP contribution in [0.2, 0.25) is 0 Å². The van der Waals surface area contributed by atoms with E-state index >= 15 is 0 Å². The summed E-state index contributed by atoms with van der Waals surface area (Å²) in [6.45, 7) is 3.98. The summed E-state index contributed by atoms with van der Waals surface area (Å²) in [6.07, 6.45) is 0.674. The molecule has 2 atom stereocenters. The first-order chi connectivity index (χ1) is 6.34. The molecule has 1 aliphatic rings. The summed E-state index contributed by atoms with van der Waals surface area (Å²) in [7, 11) is 8.67. The lowest BCUT2D eigenvalue weighted by molar-refractivity contribution is -0.135. The molecule has 0 spiro atoms. The predicted octanol–water partition coefficient (Wildman–Crippen LogP) is 0.435. The zero-order chi connectivity index (χ0) is 10.9. The predicted molar refractivity (Wildman–Crippen MR) is 58.9 cm³/mol. The third-order valence-electron chi connectivity index (χ3n) is 2.85. The first-order valence-electron chi connectivity index (χ1n) is 4.74. The van der Waals surface area contributed by atoms with Crippen LogP contribution in [-0.4, -0.2) is 24.7 Å². The number of hydrogen-bond donors (Lipinski definition) is 1. The second kappa shape index (κ2) is 4.02. The van der Waals surface area contributed by atoms with Gasteiger partial charge in [-0.05, 0) is 16.9 Å². The average molecular weight is 211 g/mol. The van der Waals surface area contributed by atoms with Crippen LogP contribution < -0.4 is 5.32 Å². The number of rotatable bonds is 2. The molecule has 1 rings (SSSR count). The molecule has 0 aliphatic carbocycles. The molecule has 2 radical (unpaired) electrons. The molecular formula is C9H15BNO2P. The maximum atomic E-state index is 11.2. The summed E-state index contributed by atoms with van der Waals surface area (Å²) in [5.41, 5.74) is 0. The number of nitrogens with one attached hydrogen (secondary N) is 1. The molecule has 1 heterocycles. The highest BCUT2D eigenvalue weighted by Gasteiger charge is 2.37. The molecule has 0 aromatic rings. The Morgan fingerprint density at radius 2 is 1.86 bits per heavy atom. The summed E-state index contributed by atoms with van der Waals surface area (Å²) in [4.78, 5) is 22.3. The molecule has 0 saturated carbocycles. The van der Waals surface area contributed by atoms with Crippen LogP contribution in [0.4, 0.5) is 0 Å². The summed E-state index contributed by atoms with van der Waals surface area (Å²) < 4.78 is 0. The molecule has 76 valence electrons. The van der Waals surface area contributed by atoms with Crippen molar-refractivity contribution in [3.8, 4) is 0 Å². The van der Waals surface area contributed by atoms with Gasteiger partial charge in [0.2, 0.25) is 11.8 Å². The van der Waals surface area contributed by atoms with E-state index in [9.17, 15) is 9.59 Å². The van der Waals surface area contributed by atoms with Crippen molar-refractivity contribution < 1.29 is 9.59 Å². The van der Waals surface area contributed by atoms with Gasteiger partial charge >= 0.3 is 0 Å². The van der Waals surface area contributed by atoms with E-state index in [2.05, 4.69) is 14.6 Å². The van der Waals surface area contributed by atoms with Gasteiger partial charge in [0, 0.05) is 12.8 Å². The van der Waals surface area contributed by atoms with Crippen LogP contribution in [0.25, 0.3) is 0 Å².